The zero-order chi connectivity index (χ0) is 10.8. The highest BCUT2D eigenvalue weighted by Crippen LogP contribution is 2.38. The molecule has 2 aliphatic carbocycles. The molecule has 2 fully saturated rings. The highest BCUT2D eigenvalue weighted by molar-refractivity contribution is 5.35. The monoisotopic (exact) mass is 206 g/mol. The molecule has 2 saturated carbocycles. The summed E-state index contributed by atoms with van der Waals surface area (Å²) < 4.78 is 0. The van der Waals surface area contributed by atoms with Gasteiger partial charge in [0, 0.05) is 0 Å². The second-order valence-corrected chi connectivity index (χ2v) is 5.22. The topological polar surface area (TPSA) is 20.2 Å². The van der Waals surface area contributed by atoms with Crippen LogP contribution in [0.5, 0.6) is 0 Å². The number of aliphatic hydroxyl groups excluding tert-OH is 1. The van der Waals surface area contributed by atoms with Crippen molar-refractivity contribution in [3.8, 4) is 0 Å². The van der Waals surface area contributed by atoms with E-state index in [0.717, 1.165) is 12.8 Å². The third-order valence-corrected chi connectivity index (χ3v) is 3.57. The molecule has 1 nitrogen and oxygen atoms in total. The van der Waals surface area contributed by atoms with E-state index >= 15 is 0 Å². The number of rotatable bonds is 1. The molecule has 1 unspecified atom stereocenters. The third kappa shape index (κ3) is 2.34. The molecule has 0 spiro atoms. The number of aliphatic hydroxyl groups is 1. The van der Waals surface area contributed by atoms with Gasteiger partial charge < -0.3 is 5.11 Å². The first-order valence-electron chi connectivity index (χ1n) is 6.28. The summed E-state index contributed by atoms with van der Waals surface area (Å²) in [6.07, 6.45) is 9.33. The van der Waals surface area contributed by atoms with E-state index in [4.69, 9.17) is 0 Å². The minimum Gasteiger partial charge on any atom is -0.384 e. The van der Waals surface area contributed by atoms with Crippen molar-refractivity contribution in [2.45, 2.75) is 58.5 Å². The van der Waals surface area contributed by atoms with Crippen LogP contribution in [0.15, 0.2) is 22.8 Å². The van der Waals surface area contributed by atoms with Crippen molar-refractivity contribution in [2.24, 2.45) is 5.92 Å². The van der Waals surface area contributed by atoms with E-state index in [1.165, 1.54) is 36.8 Å². The molecule has 0 saturated heterocycles. The van der Waals surface area contributed by atoms with E-state index in [0.29, 0.717) is 5.92 Å². The van der Waals surface area contributed by atoms with Crippen LogP contribution in [0, 0.1) is 5.92 Å². The molecule has 84 valence electrons. The van der Waals surface area contributed by atoms with Crippen LogP contribution in [0.2, 0.25) is 0 Å². The Morgan fingerprint density at radius 1 is 1.13 bits per heavy atom. The third-order valence-electron chi connectivity index (χ3n) is 3.57. The van der Waals surface area contributed by atoms with E-state index in [-0.39, 0.29) is 6.10 Å². The Morgan fingerprint density at radius 3 is 2.40 bits per heavy atom. The molecule has 0 aliphatic heterocycles. The molecule has 0 heterocycles. The van der Waals surface area contributed by atoms with Crippen molar-refractivity contribution >= 4 is 0 Å². The molecule has 0 radical (unpaired) electrons. The molecule has 2 aliphatic rings. The Morgan fingerprint density at radius 2 is 1.80 bits per heavy atom. The van der Waals surface area contributed by atoms with E-state index in [1.807, 2.05) is 0 Å². The normalized spacial score (nSPS) is 29.9. The molecule has 0 amide bonds. The van der Waals surface area contributed by atoms with Crippen LogP contribution in [-0.4, -0.2) is 11.2 Å². The second-order valence-electron chi connectivity index (χ2n) is 5.22. The number of allylic oxidation sites excluding steroid dienone is 2. The molecule has 2 rings (SSSR count). The predicted octanol–water partition coefficient (Wildman–Crippen LogP) is 3.59. The minimum atomic E-state index is -0.236. The number of hydrogen-bond donors (Lipinski definition) is 1. The maximum atomic E-state index is 10.2. The summed E-state index contributed by atoms with van der Waals surface area (Å²) in [7, 11) is 0. The standard InChI is InChI=1S/C14H22O/c1-10(2)9-12-7-8-13(14(12)15)11-5-3-4-6-11/h9-10,14-15H,3-8H2,1-2H3. The largest absolute Gasteiger partial charge is 0.384 e. The van der Waals surface area contributed by atoms with Gasteiger partial charge in [-0.05, 0) is 55.6 Å². The summed E-state index contributed by atoms with van der Waals surface area (Å²) in [5.41, 5.74) is 4.19. The van der Waals surface area contributed by atoms with Gasteiger partial charge in [-0.1, -0.05) is 25.5 Å². The van der Waals surface area contributed by atoms with Gasteiger partial charge in [0.05, 0.1) is 6.10 Å². The smallest absolute Gasteiger partial charge is 0.0963 e. The Balaban J connectivity index is 2.16. The Bertz CT molecular complexity index is 288. The fourth-order valence-electron chi connectivity index (χ4n) is 2.87. The van der Waals surface area contributed by atoms with E-state index in [1.54, 1.807) is 5.57 Å². The van der Waals surface area contributed by atoms with Gasteiger partial charge in [-0.25, -0.2) is 0 Å². The maximum absolute atomic E-state index is 10.2. The first-order valence-corrected chi connectivity index (χ1v) is 6.28. The van der Waals surface area contributed by atoms with Gasteiger partial charge in [-0.3, -0.25) is 0 Å². The lowest BCUT2D eigenvalue weighted by atomic mass is 10.0. The van der Waals surface area contributed by atoms with Crippen molar-refractivity contribution in [3.63, 3.8) is 0 Å². The van der Waals surface area contributed by atoms with Crippen LogP contribution in [-0.2, 0) is 0 Å². The zero-order valence-corrected chi connectivity index (χ0v) is 9.92. The summed E-state index contributed by atoms with van der Waals surface area (Å²) in [6.45, 7) is 4.36. The lowest BCUT2D eigenvalue weighted by molar-refractivity contribution is 0.253. The van der Waals surface area contributed by atoms with Crippen LogP contribution >= 0.6 is 0 Å². The average Bonchev–Trinajstić information content (AvgIpc) is 2.76. The van der Waals surface area contributed by atoms with Gasteiger partial charge >= 0.3 is 0 Å². The second kappa shape index (κ2) is 4.52. The van der Waals surface area contributed by atoms with Crippen molar-refractivity contribution in [2.75, 3.05) is 0 Å². The molecule has 0 aromatic carbocycles. The van der Waals surface area contributed by atoms with E-state index in [2.05, 4.69) is 19.9 Å². The predicted molar refractivity (Wildman–Crippen MR) is 63.7 cm³/mol. The van der Waals surface area contributed by atoms with Crippen molar-refractivity contribution in [1.82, 2.24) is 0 Å². The van der Waals surface area contributed by atoms with Gasteiger partial charge in [-0.2, -0.15) is 0 Å². The lowest BCUT2D eigenvalue weighted by Gasteiger charge is -2.10. The van der Waals surface area contributed by atoms with Crippen molar-refractivity contribution in [3.05, 3.63) is 22.8 Å². The summed E-state index contributed by atoms with van der Waals surface area (Å²) in [4.78, 5) is 0. The Labute approximate surface area is 92.9 Å². The molecular formula is C14H22O. The first kappa shape index (κ1) is 10.9. The van der Waals surface area contributed by atoms with Crippen molar-refractivity contribution in [1.29, 1.82) is 0 Å². The number of hydrogen-bond acceptors (Lipinski definition) is 1. The first-order chi connectivity index (χ1) is 7.18. The van der Waals surface area contributed by atoms with Gasteiger partial charge in [0.25, 0.3) is 0 Å². The molecule has 0 aromatic heterocycles. The van der Waals surface area contributed by atoms with E-state index < -0.39 is 0 Å². The molecule has 1 atom stereocenters. The molecule has 1 N–H and O–H groups in total. The van der Waals surface area contributed by atoms with Crippen molar-refractivity contribution < 1.29 is 5.11 Å². The molecular weight excluding hydrogens is 184 g/mol. The molecule has 15 heavy (non-hydrogen) atoms. The fraction of sp³-hybridized carbons (Fsp3) is 0.714. The lowest BCUT2D eigenvalue weighted by Crippen LogP contribution is -2.07. The Kier molecular flexibility index (Phi) is 3.30. The zero-order valence-electron chi connectivity index (χ0n) is 9.92. The molecule has 1 heteroatoms. The summed E-state index contributed by atoms with van der Waals surface area (Å²) in [6, 6.07) is 0. The average molecular weight is 206 g/mol. The summed E-state index contributed by atoms with van der Waals surface area (Å²) in [5.74, 6) is 0.558. The quantitative estimate of drug-likeness (QED) is 0.650. The highest BCUT2D eigenvalue weighted by Gasteiger charge is 2.27. The van der Waals surface area contributed by atoms with E-state index in [9.17, 15) is 5.11 Å². The maximum Gasteiger partial charge on any atom is 0.0963 e. The highest BCUT2D eigenvalue weighted by atomic mass is 16.3. The summed E-state index contributed by atoms with van der Waals surface area (Å²) >= 11 is 0. The van der Waals surface area contributed by atoms with Gasteiger partial charge in [0.15, 0.2) is 0 Å². The summed E-state index contributed by atoms with van der Waals surface area (Å²) in [5, 5.41) is 10.2. The van der Waals surface area contributed by atoms with Gasteiger partial charge in [0.2, 0.25) is 0 Å². The van der Waals surface area contributed by atoms with Crippen LogP contribution in [0.1, 0.15) is 52.4 Å². The SMILES string of the molecule is CC(C)C=C1CCC(=C2CCCC2)C1O. The minimum absolute atomic E-state index is 0.236. The van der Waals surface area contributed by atoms with Crippen LogP contribution < -0.4 is 0 Å². The Hall–Kier alpha value is -0.560. The van der Waals surface area contributed by atoms with Crippen LogP contribution in [0.3, 0.4) is 0 Å². The fourth-order valence-corrected chi connectivity index (χ4v) is 2.87. The van der Waals surface area contributed by atoms with Gasteiger partial charge in [-0.15, -0.1) is 0 Å². The van der Waals surface area contributed by atoms with Crippen LogP contribution in [0.4, 0.5) is 0 Å². The van der Waals surface area contributed by atoms with Gasteiger partial charge in [0.1, 0.15) is 0 Å². The molecule has 0 aromatic rings. The molecule has 0 bridgehead atoms. The van der Waals surface area contributed by atoms with Crippen LogP contribution in [0.25, 0.3) is 0 Å².